The smallest absolute Gasteiger partial charge is 0.0166 e. The highest BCUT2D eigenvalue weighted by Crippen LogP contribution is 2.30. The van der Waals surface area contributed by atoms with E-state index in [0.717, 1.165) is 6.42 Å². The summed E-state index contributed by atoms with van der Waals surface area (Å²) >= 11 is 0. The molecule has 0 aliphatic heterocycles. The third-order valence-electron chi connectivity index (χ3n) is 2.68. The Morgan fingerprint density at radius 2 is 1.73 bits per heavy atom. The standard InChI is InChI=1S/C13H21N.H2O/c1-4-8-12(13(2,3)14)11-9-6-5-7-10-11;/h5-7,9-10,12H,4,8,14H2,1-3H3;1H2. The zero-order chi connectivity index (χ0) is 10.6. The molecular weight excluding hydrogens is 186 g/mol. The van der Waals surface area contributed by atoms with E-state index in [1.807, 2.05) is 0 Å². The molecule has 0 spiro atoms. The molecule has 1 unspecified atom stereocenters. The second-order valence-electron chi connectivity index (χ2n) is 4.57. The number of hydrogen-bond donors (Lipinski definition) is 1. The quantitative estimate of drug-likeness (QED) is 0.813. The van der Waals surface area contributed by atoms with Gasteiger partial charge in [0.1, 0.15) is 0 Å². The number of benzene rings is 1. The van der Waals surface area contributed by atoms with Crippen molar-refractivity contribution >= 4 is 0 Å². The largest absolute Gasteiger partial charge is 0.412 e. The van der Waals surface area contributed by atoms with Gasteiger partial charge in [-0.25, -0.2) is 0 Å². The first-order valence-electron chi connectivity index (χ1n) is 5.39. The predicted octanol–water partition coefficient (Wildman–Crippen LogP) is 2.48. The first-order valence-corrected chi connectivity index (χ1v) is 5.39. The van der Waals surface area contributed by atoms with Crippen LogP contribution in [0, 0.1) is 0 Å². The first-order chi connectivity index (χ1) is 6.55. The molecule has 0 fully saturated rings. The van der Waals surface area contributed by atoms with Gasteiger partial charge in [0.2, 0.25) is 0 Å². The third-order valence-corrected chi connectivity index (χ3v) is 2.68. The lowest BCUT2D eigenvalue weighted by Gasteiger charge is -2.30. The molecule has 0 bridgehead atoms. The van der Waals surface area contributed by atoms with Crippen LogP contribution in [0.1, 0.15) is 45.1 Å². The van der Waals surface area contributed by atoms with Crippen LogP contribution in [0.2, 0.25) is 0 Å². The molecule has 0 aliphatic rings. The second kappa shape index (κ2) is 5.89. The minimum absolute atomic E-state index is 0. The molecule has 4 N–H and O–H groups in total. The molecule has 2 nitrogen and oxygen atoms in total. The summed E-state index contributed by atoms with van der Waals surface area (Å²) in [6.07, 6.45) is 2.34. The Morgan fingerprint density at radius 3 is 2.13 bits per heavy atom. The van der Waals surface area contributed by atoms with Crippen LogP contribution < -0.4 is 5.73 Å². The number of hydrogen-bond acceptors (Lipinski definition) is 1. The molecule has 0 saturated heterocycles. The summed E-state index contributed by atoms with van der Waals surface area (Å²) in [6.45, 7) is 6.43. The number of nitrogens with two attached hydrogens (primary N) is 1. The van der Waals surface area contributed by atoms with Gasteiger partial charge in [0.15, 0.2) is 0 Å². The molecule has 0 saturated carbocycles. The average molecular weight is 209 g/mol. The van der Waals surface area contributed by atoms with Crippen molar-refractivity contribution in [2.24, 2.45) is 5.73 Å². The predicted molar refractivity (Wildman–Crippen MR) is 66.0 cm³/mol. The SMILES string of the molecule is CCCC(c1ccccc1)C(C)(C)N.O. The van der Waals surface area contributed by atoms with Crippen molar-refractivity contribution in [2.75, 3.05) is 0 Å². The van der Waals surface area contributed by atoms with Crippen molar-refractivity contribution in [2.45, 2.75) is 45.1 Å². The van der Waals surface area contributed by atoms with E-state index in [9.17, 15) is 0 Å². The van der Waals surface area contributed by atoms with E-state index in [4.69, 9.17) is 5.73 Å². The summed E-state index contributed by atoms with van der Waals surface area (Å²) in [5, 5.41) is 0. The fourth-order valence-electron chi connectivity index (χ4n) is 1.94. The minimum Gasteiger partial charge on any atom is -0.412 e. The Labute approximate surface area is 92.8 Å². The van der Waals surface area contributed by atoms with Crippen molar-refractivity contribution in [3.63, 3.8) is 0 Å². The zero-order valence-corrected chi connectivity index (χ0v) is 9.96. The molecule has 0 heterocycles. The molecular formula is C13H23NO. The van der Waals surface area contributed by atoms with E-state index in [2.05, 4.69) is 51.1 Å². The van der Waals surface area contributed by atoms with E-state index in [1.165, 1.54) is 12.0 Å². The van der Waals surface area contributed by atoms with Crippen LogP contribution in [0.5, 0.6) is 0 Å². The van der Waals surface area contributed by atoms with Gasteiger partial charge in [-0.1, -0.05) is 43.7 Å². The Balaban J connectivity index is 0.00000196. The normalized spacial score (nSPS) is 13.1. The van der Waals surface area contributed by atoms with Crippen LogP contribution in [-0.2, 0) is 0 Å². The third kappa shape index (κ3) is 4.02. The van der Waals surface area contributed by atoms with Gasteiger partial charge >= 0.3 is 0 Å². The lowest BCUT2D eigenvalue weighted by Crippen LogP contribution is -2.39. The summed E-state index contributed by atoms with van der Waals surface area (Å²) in [4.78, 5) is 0. The molecule has 1 aromatic rings. The molecule has 0 amide bonds. The molecule has 1 aromatic carbocycles. The molecule has 1 rings (SSSR count). The summed E-state index contributed by atoms with van der Waals surface area (Å²) in [5.74, 6) is 0.466. The highest BCUT2D eigenvalue weighted by molar-refractivity contribution is 5.22. The van der Waals surface area contributed by atoms with Crippen LogP contribution in [-0.4, -0.2) is 11.0 Å². The maximum Gasteiger partial charge on any atom is 0.0166 e. The molecule has 0 aromatic heterocycles. The maximum atomic E-state index is 6.20. The van der Waals surface area contributed by atoms with Crippen LogP contribution in [0.3, 0.4) is 0 Å². The van der Waals surface area contributed by atoms with E-state index >= 15 is 0 Å². The Bertz CT molecular complexity index is 264. The highest BCUT2D eigenvalue weighted by atomic mass is 16.0. The van der Waals surface area contributed by atoms with Gasteiger partial charge in [-0.15, -0.1) is 0 Å². The highest BCUT2D eigenvalue weighted by Gasteiger charge is 2.25. The lowest BCUT2D eigenvalue weighted by atomic mass is 9.80. The van der Waals surface area contributed by atoms with E-state index in [0.29, 0.717) is 5.92 Å². The van der Waals surface area contributed by atoms with Crippen molar-refractivity contribution in [3.8, 4) is 0 Å². The topological polar surface area (TPSA) is 57.5 Å². The second-order valence-corrected chi connectivity index (χ2v) is 4.57. The average Bonchev–Trinajstić information content (AvgIpc) is 2.14. The van der Waals surface area contributed by atoms with Crippen molar-refractivity contribution in [3.05, 3.63) is 35.9 Å². The monoisotopic (exact) mass is 209 g/mol. The summed E-state index contributed by atoms with van der Waals surface area (Å²) < 4.78 is 0. The molecule has 1 atom stereocenters. The minimum atomic E-state index is -0.128. The molecule has 86 valence electrons. The Kier molecular flexibility index (Phi) is 5.55. The molecule has 0 aliphatic carbocycles. The van der Waals surface area contributed by atoms with Gasteiger partial charge in [0.05, 0.1) is 0 Å². The van der Waals surface area contributed by atoms with Crippen LogP contribution >= 0.6 is 0 Å². The fourth-order valence-corrected chi connectivity index (χ4v) is 1.94. The lowest BCUT2D eigenvalue weighted by molar-refractivity contribution is 0.387. The van der Waals surface area contributed by atoms with Crippen LogP contribution in [0.4, 0.5) is 0 Å². The van der Waals surface area contributed by atoms with Crippen molar-refractivity contribution in [1.29, 1.82) is 0 Å². The van der Waals surface area contributed by atoms with E-state index < -0.39 is 0 Å². The molecule has 0 radical (unpaired) electrons. The summed E-state index contributed by atoms with van der Waals surface area (Å²) in [6, 6.07) is 10.6. The fraction of sp³-hybridized carbons (Fsp3) is 0.538. The van der Waals surface area contributed by atoms with Gasteiger partial charge in [-0.2, -0.15) is 0 Å². The Morgan fingerprint density at radius 1 is 1.20 bits per heavy atom. The van der Waals surface area contributed by atoms with E-state index in [-0.39, 0.29) is 11.0 Å². The summed E-state index contributed by atoms with van der Waals surface area (Å²) in [7, 11) is 0. The van der Waals surface area contributed by atoms with Gasteiger partial charge in [-0.3, -0.25) is 0 Å². The van der Waals surface area contributed by atoms with E-state index in [1.54, 1.807) is 0 Å². The van der Waals surface area contributed by atoms with Gasteiger partial charge < -0.3 is 11.2 Å². The van der Waals surface area contributed by atoms with Crippen molar-refractivity contribution in [1.82, 2.24) is 0 Å². The van der Waals surface area contributed by atoms with Gasteiger partial charge in [0, 0.05) is 11.5 Å². The Hall–Kier alpha value is -0.860. The summed E-state index contributed by atoms with van der Waals surface area (Å²) in [5.41, 5.74) is 7.43. The molecule has 15 heavy (non-hydrogen) atoms. The van der Waals surface area contributed by atoms with Crippen molar-refractivity contribution < 1.29 is 5.48 Å². The van der Waals surface area contributed by atoms with Crippen LogP contribution in [0.25, 0.3) is 0 Å². The van der Waals surface area contributed by atoms with Gasteiger partial charge in [-0.05, 0) is 25.8 Å². The van der Waals surface area contributed by atoms with Crippen LogP contribution in [0.15, 0.2) is 30.3 Å². The number of rotatable bonds is 4. The van der Waals surface area contributed by atoms with Gasteiger partial charge in [0.25, 0.3) is 0 Å². The zero-order valence-electron chi connectivity index (χ0n) is 9.96. The first kappa shape index (κ1) is 14.1. The maximum absolute atomic E-state index is 6.20. The molecule has 2 heteroatoms.